The molecular formula is C15H17FN6. The Morgan fingerprint density at radius 1 is 1.27 bits per heavy atom. The summed E-state index contributed by atoms with van der Waals surface area (Å²) in [6.45, 7) is 0.636. The highest BCUT2D eigenvalue weighted by molar-refractivity contribution is 5.86. The van der Waals surface area contributed by atoms with E-state index in [1.54, 1.807) is 30.1 Å². The average molecular weight is 300 g/mol. The first kappa shape index (κ1) is 14.2. The molecule has 0 amide bonds. The Bertz CT molecular complexity index is 798. The predicted octanol–water partition coefficient (Wildman–Crippen LogP) is 2.13. The first-order chi connectivity index (χ1) is 10.6. The molecule has 0 unspecified atom stereocenters. The molecule has 114 valence electrons. The van der Waals surface area contributed by atoms with Gasteiger partial charge in [-0.1, -0.05) is 18.2 Å². The van der Waals surface area contributed by atoms with Gasteiger partial charge < -0.3 is 11.1 Å². The van der Waals surface area contributed by atoms with Gasteiger partial charge in [0.2, 0.25) is 5.95 Å². The molecule has 3 aromatic rings. The fourth-order valence-corrected chi connectivity index (χ4v) is 2.30. The van der Waals surface area contributed by atoms with E-state index < -0.39 is 0 Å². The summed E-state index contributed by atoms with van der Waals surface area (Å²) in [5.41, 5.74) is 7.29. The largest absolute Gasteiger partial charge is 0.383 e. The third-order valence-corrected chi connectivity index (χ3v) is 3.49. The summed E-state index contributed by atoms with van der Waals surface area (Å²) < 4.78 is 15.2. The van der Waals surface area contributed by atoms with Crippen molar-refractivity contribution in [2.45, 2.75) is 12.8 Å². The lowest BCUT2D eigenvalue weighted by molar-refractivity contribution is 0.606. The molecule has 0 aliphatic rings. The number of benzene rings is 1. The van der Waals surface area contributed by atoms with Gasteiger partial charge in [0.1, 0.15) is 11.6 Å². The molecule has 0 radical (unpaired) electrons. The molecule has 0 bridgehead atoms. The van der Waals surface area contributed by atoms with Crippen molar-refractivity contribution >= 4 is 22.8 Å². The van der Waals surface area contributed by atoms with E-state index in [1.807, 2.05) is 6.07 Å². The van der Waals surface area contributed by atoms with E-state index >= 15 is 0 Å². The number of hydrogen-bond donors (Lipinski definition) is 2. The Labute approximate surface area is 127 Å². The van der Waals surface area contributed by atoms with Crippen LogP contribution in [0.3, 0.4) is 0 Å². The van der Waals surface area contributed by atoms with Crippen LogP contribution >= 0.6 is 0 Å². The van der Waals surface area contributed by atoms with Gasteiger partial charge >= 0.3 is 0 Å². The molecule has 1 aromatic carbocycles. The number of nitrogens with one attached hydrogen (secondary N) is 1. The number of aryl methyl sites for hydroxylation is 2. The van der Waals surface area contributed by atoms with E-state index in [0.717, 1.165) is 11.8 Å². The molecule has 0 aliphatic heterocycles. The number of aromatic nitrogens is 4. The molecule has 0 spiro atoms. The summed E-state index contributed by atoms with van der Waals surface area (Å²) >= 11 is 0. The Morgan fingerprint density at radius 2 is 2.09 bits per heavy atom. The first-order valence-electron chi connectivity index (χ1n) is 7.07. The van der Waals surface area contributed by atoms with E-state index in [1.165, 1.54) is 6.07 Å². The maximum absolute atomic E-state index is 13.5. The summed E-state index contributed by atoms with van der Waals surface area (Å²) in [6.07, 6.45) is 3.07. The molecule has 0 saturated carbocycles. The number of nitrogen functional groups attached to an aromatic ring is 1. The van der Waals surface area contributed by atoms with Crippen molar-refractivity contribution in [2.24, 2.45) is 7.05 Å². The summed E-state index contributed by atoms with van der Waals surface area (Å²) in [4.78, 5) is 8.59. The number of nitrogens with two attached hydrogens (primary N) is 1. The van der Waals surface area contributed by atoms with Crippen LogP contribution in [0.25, 0.3) is 11.0 Å². The molecule has 0 aliphatic carbocycles. The molecule has 3 N–H and O–H groups in total. The molecule has 2 heterocycles. The lowest BCUT2D eigenvalue weighted by atomic mass is 10.1. The lowest BCUT2D eigenvalue weighted by Crippen LogP contribution is -2.09. The van der Waals surface area contributed by atoms with Gasteiger partial charge in [0.25, 0.3) is 0 Å². The van der Waals surface area contributed by atoms with Crippen LogP contribution < -0.4 is 11.1 Å². The molecule has 0 atom stereocenters. The molecule has 0 fully saturated rings. The zero-order valence-electron chi connectivity index (χ0n) is 12.3. The Balaban J connectivity index is 1.62. The number of fused-ring (bicyclic) bond motifs is 1. The first-order valence-corrected chi connectivity index (χ1v) is 7.07. The van der Waals surface area contributed by atoms with E-state index in [2.05, 4.69) is 20.4 Å². The van der Waals surface area contributed by atoms with Crippen LogP contribution in [0.1, 0.15) is 12.0 Å². The topological polar surface area (TPSA) is 81.7 Å². The lowest BCUT2D eigenvalue weighted by Gasteiger charge is -2.07. The number of rotatable bonds is 5. The van der Waals surface area contributed by atoms with E-state index in [0.29, 0.717) is 35.9 Å². The van der Waals surface area contributed by atoms with Gasteiger partial charge in [0.05, 0.1) is 11.6 Å². The quantitative estimate of drug-likeness (QED) is 0.705. The van der Waals surface area contributed by atoms with Gasteiger partial charge in [-0.25, -0.2) is 4.39 Å². The summed E-state index contributed by atoms with van der Waals surface area (Å²) in [7, 11) is 1.80. The number of nitrogens with zero attached hydrogens (tertiary/aromatic N) is 4. The second-order valence-corrected chi connectivity index (χ2v) is 5.06. The van der Waals surface area contributed by atoms with Crippen molar-refractivity contribution in [1.82, 2.24) is 19.7 Å². The molecular weight excluding hydrogens is 283 g/mol. The van der Waals surface area contributed by atoms with Gasteiger partial charge in [-0.15, -0.1) is 0 Å². The van der Waals surface area contributed by atoms with Crippen molar-refractivity contribution in [3.63, 3.8) is 0 Å². The Kier molecular flexibility index (Phi) is 3.86. The van der Waals surface area contributed by atoms with E-state index in [-0.39, 0.29) is 5.82 Å². The maximum Gasteiger partial charge on any atom is 0.226 e. The van der Waals surface area contributed by atoms with Crippen LogP contribution in [-0.4, -0.2) is 26.3 Å². The minimum Gasteiger partial charge on any atom is -0.383 e. The average Bonchev–Trinajstić information content (AvgIpc) is 2.87. The second-order valence-electron chi connectivity index (χ2n) is 5.06. The molecule has 0 saturated heterocycles. The van der Waals surface area contributed by atoms with Gasteiger partial charge in [0.15, 0.2) is 5.65 Å². The van der Waals surface area contributed by atoms with E-state index in [4.69, 9.17) is 5.73 Å². The monoisotopic (exact) mass is 300 g/mol. The van der Waals surface area contributed by atoms with Crippen molar-refractivity contribution in [3.05, 3.63) is 41.8 Å². The number of hydrogen-bond acceptors (Lipinski definition) is 5. The molecule has 6 nitrogen and oxygen atoms in total. The van der Waals surface area contributed by atoms with Crippen LogP contribution in [0.15, 0.2) is 30.5 Å². The van der Waals surface area contributed by atoms with Crippen LogP contribution in [0.5, 0.6) is 0 Å². The molecule has 3 rings (SSSR count). The smallest absolute Gasteiger partial charge is 0.226 e. The minimum absolute atomic E-state index is 0.167. The summed E-state index contributed by atoms with van der Waals surface area (Å²) in [5, 5.41) is 7.96. The third-order valence-electron chi connectivity index (χ3n) is 3.49. The highest BCUT2D eigenvalue weighted by atomic mass is 19.1. The minimum atomic E-state index is -0.167. The molecule has 22 heavy (non-hydrogen) atoms. The maximum atomic E-state index is 13.5. The molecule has 2 aromatic heterocycles. The second kappa shape index (κ2) is 5.97. The fourth-order valence-electron chi connectivity index (χ4n) is 2.30. The van der Waals surface area contributed by atoms with Crippen LogP contribution in [0, 0.1) is 5.82 Å². The Hall–Kier alpha value is -2.70. The highest BCUT2D eigenvalue weighted by Crippen LogP contribution is 2.18. The zero-order valence-corrected chi connectivity index (χ0v) is 12.3. The summed E-state index contributed by atoms with van der Waals surface area (Å²) in [5.74, 6) is 0.691. The predicted molar refractivity (Wildman–Crippen MR) is 83.9 cm³/mol. The standard InChI is InChI=1S/C15H17FN6/c1-22-14-11(9-19-22)13(17)20-15(21-14)18-8-4-6-10-5-2-3-7-12(10)16/h2-3,5,7,9H,4,6,8H2,1H3,(H3,17,18,20,21). The van der Waals surface area contributed by atoms with Gasteiger partial charge in [0, 0.05) is 13.6 Å². The van der Waals surface area contributed by atoms with Crippen molar-refractivity contribution in [1.29, 1.82) is 0 Å². The van der Waals surface area contributed by atoms with Crippen molar-refractivity contribution in [3.8, 4) is 0 Å². The summed E-state index contributed by atoms with van der Waals surface area (Å²) in [6, 6.07) is 6.80. The molecule has 7 heteroatoms. The van der Waals surface area contributed by atoms with Gasteiger partial charge in [-0.3, -0.25) is 4.68 Å². The zero-order chi connectivity index (χ0) is 15.5. The van der Waals surface area contributed by atoms with Crippen LogP contribution in [0.4, 0.5) is 16.2 Å². The van der Waals surface area contributed by atoms with Crippen LogP contribution in [0.2, 0.25) is 0 Å². The van der Waals surface area contributed by atoms with Gasteiger partial charge in [-0.05, 0) is 24.5 Å². The normalized spacial score (nSPS) is 11.0. The van der Waals surface area contributed by atoms with Crippen molar-refractivity contribution < 1.29 is 4.39 Å². The van der Waals surface area contributed by atoms with Gasteiger partial charge in [-0.2, -0.15) is 15.1 Å². The van der Waals surface area contributed by atoms with Crippen molar-refractivity contribution in [2.75, 3.05) is 17.6 Å². The Morgan fingerprint density at radius 3 is 2.91 bits per heavy atom. The third kappa shape index (κ3) is 2.83. The van der Waals surface area contributed by atoms with E-state index in [9.17, 15) is 4.39 Å². The fraction of sp³-hybridized carbons (Fsp3) is 0.267. The highest BCUT2D eigenvalue weighted by Gasteiger charge is 2.08. The van der Waals surface area contributed by atoms with Crippen LogP contribution in [-0.2, 0) is 13.5 Å². The number of halogens is 1. The SMILES string of the molecule is Cn1ncc2c(N)nc(NCCCc3ccccc3F)nc21. The number of anilines is 2.